The Morgan fingerprint density at radius 1 is 0.939 bits per heavy atom. The summed E-state index contributed by atoms with van der Waals surface area (Å²) in [4.78, 5) is 29.8. The van der Waals surface area contributed by atoms with Crippen LogP contribution in [0.3, 0.4) is 0 Å². The Balaban J connectivity index is 1.61. The third-order valence-corrected chi connectivity index (χ3v) is 6.12. The summed E-state index contributed by atoms with van der Waals surface area (Å²) in [5, 5.41) is 6.03. The van der Waals surface area contributed by atoms with Gasteiger partial charge in [0, 0.05) is 18.2 Å². The Kier molecular flexibility index (Phi) is 6.60. The first-order valence-corrected chi connectivity index (χ1v) is 11.2. The van der Waals surface area contributed by atoms with Gasteiger partial charge < -0.3 is 10.6 Å². The van der Waals surface area contributed by atoms with Gasteiger partial charge in [0.1, 0.15) is 10.8 Å². The fourth-order valence-corrected chi connectivity index (χ4v) is 4.44. The van der Waals surface area contributed by atoms with Crippen molar-refractivity contribution >= 4 is 34.5 Å². The second kappa shape index (κ2) is 9.75. The molecule has 2 amide bonds. The van der Waals surface area contributed by atoms with Crippen LogP contribution in [0.4, 0.5) is 15.8 Å². The molecular weight excluding hydrogens is 437 g/mol. The summed E-state index contributed by atoms with van der Waals surface area (Å²) in [6.45, 7) is 3.32. The zero-order valence-corrected chi connectivity index (χ0v) is 19.0. The van der Waals surface area contributed by atoms with Gasteiger partial charge in [0.25, 0.3) is 0 Å². The number of benzene rings is 3. The van der Waals surface area contributed by atoms with Crippen LogP contribution in [-0.4, -0.2) is 16.8 Å². The minimum absolute atomic E-state index is 0.0145. The third-order valence-electron chi connectivity index (χ3n) is 4.92. The topological polar surface area (TPSA) is 71.1 Å². The molecule has 7 heteroatoms. The molecule has 0 saturated heterocycles. The van der Waals surface area contributed by atoms with Crippen LogP contribution in [0.15, 0.2) is 72.8 Å². The Morgan fingerprint density at radius 2 is 1.67 bits per heavy atom. The number of anilines is 2. The van der Waals surface area contributed by atoms with Crippen molar-refractivity contribution in [2.75, 3.05) is 10.6 Å². The fourth-order valence-electron chi connectivity index (χ4n) is 3.35. The van der Waals surface area contributed by atoms with Gasteiger partial charge in [0.2, 0.25) is 11.8 Å². The molecule has 0 unspecified atom stereocenters. The van der Waals surface area contributed by atoms with Crippen molar-refractivity contribution in [1.29, 1.82) is 0 Å². The summed E-state index contributed by atoms with van der Waals surface area (Å²) in [7, 11) is 0. The Morgan fingerprint density at radius 3 is 2.36 bits per heavy atom. The highest BCUT2D eigenvalue weighted by Gasteiger charge is 2.18. The van der Waals surface area contributed by atoms with Gasteiger partial charge in [0.15, 0.2) is 0 Å². The number of nitrogens with one attached hydrogen (secondary N) is 2. The normalized spacial score (nSPS) is 10.6. The van der Waals surface area contributed by atoms with Crippen molar-refractivity contribution < 1.29 is 14.0 Å². The van der Waals surface area contributed by atoms with Gasteiger partial charge in [-0.2, -0.15) is 0 Å². The van der Waals surface area contributed by atoms with E-state index in [1.807, 2.05) is 61.5 Å². The van der Waals surface area contributed by atoms with Crippen LogP contribution >= 0.6 is 11.3 Å². The van der Waals surface area contributed by atoms with Crippen LogP contribution in [0.2, 0.25) is 0 Å². The molecule has 0 atom stereocenters. The molecule has 1 aromatic heterocycles. The van der Waals surface area contributed by atoms with E-state index < -0.39 is 11.7 Å². The van der Waals surface area contributed by atoms with Gasteiger partial charge in [-0.05, 0) is 30.7 Å². The summed E-state index contributed by atoms with van der Waals surface area (Å²) < 4.78 is 13.9. The lowest BCUT2D eigenvalue weighted by Gasteiger charge is -2.09. The van der Waals surface area contributed by atoms with E-state index in [1.165, 1.54) is 25.1 Å². The fraction of sp³-hybridized carbons (Fsp3) is 0.115. The van der Waals surface area contributed by atoms with Crippen LogP contribution in [0.25, 0.3) is 21.0 Å². The number of carbonyl (C=O) groups is 2. The number of hydrogen-bond acceptors (Lipinski definition) is 4. The lowest BCUT2D eigenvalue weighted by Crippen LogP contribution is -2.16. The monoisotopic (exact) mass is 459 g/mol. The summed E-state index contributed by atoms with van der Waals surface area (Å²) in [6.07, 6.45) is 0.0550. The molecule has 0 saturated carbocycles. The van der Waals surface area contributed by atoms with Crippen LogP contribution < -0.4 is 10.6 Å². The summed E-state index contributed by atoms with van der Waals surface area (Å²) in [5.74, 6) is -1.25. The van der Waals surface area contributed by atoms with Crippen molar-refractivity contribution in [2.24, 2.45) is 0 Å². The number of carbonyl (C=O) groups excluding carboxylic acids is 2. The van der Waals surface area contributed by atoms with Crippen molar-refractivity contribution in [1.82, 2.24) is 4.98 Å². The molecule has 0 aliphatic rings. The van der Waals surface area contributed by atoms with E-state index in [2.05, 4.69) is 10.6 Å². The molecule has 0 aliphatic carbocycles. The molecule has 33 heavy (non-hydrogen) atoms. The highest BCUT2D eigenvalue weighted by molar-refractivity contribution is 7.18. The molecule has 0 bridgehead atoms. The van der Waals surface area contributed by atoms with Gasteiger partial charge in [-0.25, -0.2) is 9.37 Å². The molecule has 4 aromatic rings. The lowest BCUT2D eigenvalue weighted by atomic mass is 10.1. The first-order chi connectivity index (χ1) is 15.9. The number of halogens is 1. The minimum atomic E-state index is -0.572. The predicted molar refractivity (Wildman–Crippen MR) is 131 cm³/mol. The second-order valence-corrected chi connectivity index (χ2v) is 8.63. The van der Waals surface area contributed by atoms with Crippen molar-refractivity contribution in [2.45, 2.75) is 20.3 Å². The molecular formula is C26H22FN3O2S. The molecule has 0 spiro atoms. The maximum Gasteiger partial charge on any atom is 0.230 e. The molecule has 1 heterocycles. The van der Waals surface area contributed by atoms with E-state index >= 15 is 0 Å². The number of aromatic nitrogens is 1. The lowest BCUT2D eigenvalue weighted by molar-refractivity contribution is -0.116. The number of nitrogens with zero attached hydrogens (tertiary/aromatic N) is 1. The number of amides is 2. The average Bonchev–Trinajstić information content (AvgIpc) is 3.20. The standard InChI is InChI=1S/C26H22FN3O2S/c1-16-8-10-18(11-9-16)25-23(30-26(33-25)19-6-4-3-5-7-19)15-24(32)29-20-12-13-21(27)22(14-20)28-17(2)31/h3-14H,15H2,1-2H3,(H,28,31)(H,29,32). The Labute approximate surface area is 195 Å². The molecule has 0 aliphatic heterocycles. The summed E-state index contributed by atoms with van der Waals surface area (Å²) >= 11 is 1.54. The maximum atomic E-state index is 13.9. The zero-order valence-electron chi connectivity index (χ0n) is 18.2. The van der Waals surface area contributed by atoms with E-state index in [1.54, 1.807) is 11.3 Å². The largest absolute Gasteiger partial charge is 0.326 e. The second-order valence-electron chi connectivity index (χ2n) is 7.63. The van der Waals surface area contributed by atoms with E-state index in [-0.39, 0.29) is 18.0 Å². The quantitative estimate of drug-likeness (QED) is 0.368. The molecule has 5 nitrogen and oxygen atoms in total. The maximum absolute atomic E-state index is 13.9. The Bertz CT molecular complexity index is 1300. The van der Waals surface area contributed by atoms with Gasteiger partial charge in [-0.1, -0.05) is 60.2 Å². The number of thiazole rings is 1. The molecule has 4 rings (SSSR count). The van der Waals surface area contributed by atoms with Gasteiger partial charge in [-0.3, -0.25) is 9.59 Å². The van der Waals surface area contributed by atoms with Crippen LogP contribution in [0, 0.1) is 12.7 Å². The van der Waals surface area contributed by atoms with Crippen molar-refractivity contribution in [3.05, 3.63) is 89.9 Å². The van der Waals surface area contributed by atoms with Gasteiger partial charge in [0.05, 0.1) is 22.7 Å². The van der Waals surface area contributed by atoms with Crippen LogP contribution in [0.1, 0.15) is 18.2 Å². The number of rotatable bonds is 6. The molecule has 3 aromatic carbocycles. The third kappa shape index (κ3) is 5.51. The van der Waals surface area contributed by atoms with E-state index in [4.69, 9.17) is 4.98 Å². The summed E-state index contributed by atoms with van der Waals surface area (Å²) in [6, 6.07) is 22.0. The zero-order chi connectivity index (χ0) is 23.4. The first kappa shape index (κ1) is 22.4. The van der Waals surface area contributed by atoms with E-state index in [9.17, 15) is 14.0 Å². The van der Waals surface area contributed by atoms with Gasteiger partial charge >= 0.3 is 0 Å². The van der Waals surface area contributed by atoms with E-state index in [0.29, 0.717) is 11.4 Å². The Hall–Kier alpha value is -3.84. The number of aryl methyl sites for hydroxylation is 1. The average molecular weight is 460 g/mol. The van der Waals surface area contributed by atoms with Crippen LogP contribution in [-0.2, 0) is 16.0 Å². The van der Waals surface area contributed by atoms with E-state index in [0.717, 1.165) is 26.6 Å². The highest BCUT2D eigenvalue weighted by Crippen LogP contribution is 2.36. The summed E-state index contributed by atoms with van der Waals surface area (Å²) in [5.41, 5.74) is 4.21. The smallest absolute Gasteiger partial charge is 0.230 e. The molecule has 166 valence electrons. The minimum Gasteiger partial charge on any atom is -0.326 e. The molecule has 0 fully saturated rings. The van der Waals surface area contributed by atoms with Gasteiger partial charge in [-0.15, -0.1) is 11.3 Å². The predicted octanol–water partition coefficient (Wildman–Crippen LogP) is 6.06. The SMILES string of the molecule is CC(=O)Nc1cc(NC(=O)Cc2nc(-c3ccccc3)sc2-c2ccc(C)cc2)ccc1F. The van der Waals surface area contributed by atoms with Crippen molar-refractivity contribution in [3.8, 4) is 21.0 Å². The number of hydrogen-bond donors (Lipinski definition) is 2. The highest BCUT2D eigenvalue weighted by atomic mass is 32.1. The van der Waals surface area contributed by atoms with Crippen molar-refractivity contribution in [3.63, 3.8) is 0 Å². The van der Waals surface area contributed by atoms with Crippen LogP contribution in [0.5, 0.6) is 0 Å². The molecule has 0 radical (unpaired) electrons. The first-order valence-electron chi connectivity index (χ1n) is 10.4. The molecule has 2 N–H and O–H groups in total.